The Morgan fingerprint density at radius 2 is 1.85 bits per heavy atom. The zero-order valence-corrected chi connectivity index (χ0v) is 21.2. The minimum atomic E-state index is -4.96. The Balaban J connectivity index is 1.54. The summed E-state index contributed by atoms with van der Waals surface area (Å²) in [7, 11) is 1.42. The standard InChI is InChI=1S/C26H17ClF3N5O5/c1-39-19-9-10-22-20(12-19)24(32-33(22)14-15-3-2-4-18(11-15)35(37)38)40-25(36)21-13-31-34(23(21)26(28,29)30)17-7-5-16(27)6-8-17/h2-13H,14H2,1H3. The van der Waals surface area contributed by atoms with E-state index in [1.54, 1.807) is 18.2 Å². The lowest BCUT2D eigenvalue weighted by Crippen LogP contribution is -2.19. The first kappa shape index (κ1) is 26.7. The van der Waals surface area contributed by atoms with Crippen molar-refractivity contribution < 1.29 is 32.4 Å². The number of nitro groups is 1. The second-order valence-electron chi connectivity index (χ2n) is 8.46. The molecule has 0 saturated heterocycles. The van der Waals surface area contributed by atoms with Crippen LogP contribution in [0.5, 0.6) is 11.6 Å². The maximum atomic E-state index is 14.1. The minimum Gasteiger partial charge on any atom is -0.497 e. The Kier molecular flexibility index (Phi) is 6.90. The fourth-order valence-corrected chi connectivity index (χ4v) is 4.21. The van der Waals surface area contributed by atoms with Crippen LogP contribution in [0.3, 0.4) is 0 Å². The summed E-state index contributed by atoms with van der Waals surface area (Å²) >= 11 is 5.84. The van der Waals surface area contributed by atoms with Gasteiger partial charge in [-0.05, 0) is 48.0 Å². The number of non-ortho nitro benzene ring substituents is 1. The number of methoxy groups -OCH3 is 1. The maximum Gasteiger partial charge on any atom is 0.434 e. The topological polar surface area (TPSA) is 114 Å². The molecule has 10 nitrogen and oxygen atoms in total. The number of alkyl halides is 3. The van der Waals surface area contributed by atoms with Crippen LogP contribution < -0.4 is 9.47 Å². The lowest BCUT2D eigenvalue weighted by molar-refractivity contribution is -0.384. The van der Waals surface area contributed by atoms with E-state index < -0.39 is 28.3 Å². The second-order valence-corrected chi connectivity index (χ2v) is 8.89. The molecule has 5 rings (SSSR count). The van der Waals surface area contributed by atoms with E-state index >= 15 is 0 Å². The van der Waals surface area contributed by atoms with Crippen LogP contribution in [0, 0.1) is 10.1 Å². The molecule has 0 spiro atoms. The van der Waals surface area contributed by atoms with Crippen molar-refractivity contribution in [1.29, 1.82) is 0 Å². The first-order chi connectivity index (χ1) is 19.0. The van der Waals surface area contributed by atoms with E-state index in [1.165, 1.54) is 60.3 Å². The van der Waals surface area contributed by atoms with Crippen molar-refractivity contribution >= 4 is 34.2 Å². The first-order valence-corrected chi connectivity index (χ1v) is 11.8. The van der Waals surface area contributed by atoms with E-state index in [9.17, 15) is 28.1 Å². The molecule has 5 aromatic rings. The normalized spacial score (nSPS) is 11.5. The summed E-state index contributed by atoms with van der Waals surface area (Å²) in [5, 5.41) is 19.8. The highest BCUT2D eigenvalue weighted by atomic mass is 35.5. The van der Waals surface area contributed by atoms with E-state index in [0.29, 0.717) is 26.5 Å². The van der Waals surface area contributed by atoms with Crippen LogP contribution in [0.2, 0.25) is 5.02 Å². The average Bonchev–Trinajstić information content (AvgIpc) is 3.51. The van der Waals surface area contributed by atoms with E-state index in [1.807, 2.05) is 0 Å². The Morgan fingerprint density at radius 1 is 1.10 bits per heavy atom. The van der Waals surface area contributed by atoms with Gasteiger partial charge in [-0.1, -0.05) is 23.7 Å². The highest BCUT2D eigenvalue weighted by Crippen LogP contribution is 2.35. The summed E-state index contributed by atoms with van der Waals surface area (Å²) in [5.74, 6) is -1.24. The van der Waals surface area contributed by atoms with Gasteiger partial charge in [0.05, 0.1) is 41.4 Å². The molecule has 0 unspecified atom stereocenters. The molecule has 0 aliphatic heterocycles. The predicted octanol–water partition coefficient (Wildman–Crippen LogP) is 6.08. The molecule has 2 aromatic heterocycles. The number of carbonyl (C=O) groups is 1. The lowest BCUT2D eigenvalue weighted by Gasteiger charge is -2.12. The van der Waals surface area contributed by atoms with E-state index in [4.69, 9.17) is 21.1 Å². The molecule has 2 heterocycles. The van der Waals surface area contributed by atoms with Crippen LogP contribution in [0.15, 0.2) is 72.9 Å². The van der Waals surface area contributed by atoms with Crippen molar-refractivity contribution in [3.63, 3.8) is 0 Å². The number of esters is 1. The van der Waals surface area contributed by atoms with Crippen molar-refractivity contribution in [2.45, 2.75) is 12.7 Å². The molecule has 204 valence electrons. The number of carbonyl (C=O) groups excluding carboxylic acids is 1. The van der Waals surface area contributed by atoms with Crippen LogP contribution >= 0.6 is 11.6 Å². The zero-order valence-electron chi connectivity index (χ0n) is 20.4. The molecule has 0 fully saturated rings. The molecule has 0 radical (unpaired) electrons. The Bertz CT molecular complexity index is 1750. The lowest BCUT2D eigenvalue weighted by atomic mass is 10.2. The fraction of sp³-hybridized carbons (Fsp3) is 0.115. The summed E-state index contributed by atoms with van der Waals surface area (Å²) in [4.78, 5) is 23.7. The number of benzene rings is 3. The monoisotopic (exact) mass is 571 g/mol. The Morgan fingerprint density at radius 3 is 2.52 bits per heavy atom. The first-order valence-electron chi connectivity index (χ1n) is 11.5. The van der Waals surface area contributed by atoms with Gasteiger partial charge >= 0.3 is 12.1 Å². The number of halogens is 4. The van der Waals surface area contributed by atoms with Gasteiger partial charge in [0.1, 0.15) is 11.3 Å². The van der Waals surface area contributed by atoms with Crippen molar-refractivity contribution in [3.8, 4) is 17.3 Å². The summed E-state index contributed by atoms with van der Waals surface area (Å²) < 4.78 is 55.0. The number of rotatable bonds is 7. The average molecular weight is 572 g/mol. The number of aromatic nitrogens is 4. The van der Waals surface area contributed by atoms with Crippen molar-refractivity contribution in [2.75, 3.05) is 7.11 Å². The molecule has 0 atom stereocenters. The smallest absolute Gasteiger partial charge is 0.434 e. The molecular formula is C26H17ClF3N5O5. The fourth-order valence-electron chi connectivity index (χ4n) is 4.08. The Hall–Kier alpha value is -4.91. The number of hydrogen-bond acceptors (Lipinski definition) is 7. The van der Waals surface area contributed by atoms with Crippen LogP contribution in [0.25, 0.3) is 16.6 Å². The molecule has 0 saturated carbocycles. The SMILES string of the molecule is COc1ccc2c(c1)c(OC(=O)c1cnn(-c3ccc(Cl)cc3)c1C(F)(F)F)nn2Cc1cccc([N+](=O)[O-])c1. The quantitative estimate of drug-likeness (QED) is 0.132. The maximum absolute atomic E-state index is 14.1. The zero-order chi connectivity index (χ0) is 28.6. The summed E-state index contributed by atoms with van der Waals surface area (Å²) in [6.45, 7) is 0.0460. The molecular weight excluding hydrogens is 555 g/mol. The van der Waals surface area contributed by atoms with Gasteiger partial charge in [0.2, 0.25) is 5.88 Å². The highest BCUT2D eigenvalue weighted by molar-refractivity contribution is 6.30. The molecule has 40 heavy (non-hydrogen) atoms. The van der Waals surface area contributed by atoms with Gasteiger partial charge in [-0.2, -0.15) is 18.3 Å². The molecule has 0 aliphatic rings. The van der Waals surface area contributed by atoms with Gasteiger partial charge in [-0.25, -0.2) is 9.48 Å². The molecule has 0 amide bonds. The number of ether oxygens (including phenoxy) is 2. The van der Waals surface area contributed by atoms with Gasteiger partial charge in [-0.15, -0.1) is 5.10 Å². The predicted molar refractivity (Wildman–Crippen MR) is 137 cm³/mol. The van der Waals surface area contributed by atoms with E-state index in [2.05, 4.69) is 10.2 Å². The molecule has 14 heteroatoms. The molecule has 0 N–H and O–H groups in total. The van der Waals surface area contributed by atoms with E-state index in [0.717, 1.165) is 6.20 Å². The van der Waals surface area contributed by atoms with Crippen molar-refractivity contribution in [1.82, 2.24) is 19.6 Å². The highest BCUT2D eigenvalue weighted by Gasteiger charge is 2.41. The number of fused-ring (bicyclic) bond motifs is 1. The van der Waals surface area contributed by atoms with Crippen LogP contribution in [0.1, 0.15) is 21.6 Å². The third-order valence-electron chi connectivity index (χ3n) is 5.90. The molecule has 0 aliphatic carbocycles. The largest absolute Gasteiger partial charge is 0.497 e. The van der Waals surface area contributed by atoms with E-state index in [-0.39, 0.29) is 29.2 Å². The van der Waals surface area contributed by atoms with Gasteiger partial charge in [0, 0.05) is 17.2 Å². The van der Waals surface area contributed by atoms with Crippen molar-refractivity contribution in [2.24, 2.45) is 0 Å². The van der Waals surface area contributed by atoms with Crippen molar-refractivity contribution in [3.05, 3.63) is 105 Å². The van der Waals surface area contributed by atoms with Gasteiger partial charge < -0.3 is 9.47 Å². The molecule has 3 aromatic carbocycles. The third-order valence-corrected chi connectivity index (χ3v) is 6.15. The minimum absolute atomic E-state index is 0.0344. The third kappa shape index (κ3) is 5.18. The second kappa shape index (κ2) is 10.3. The van der Waals surface area contributed by atoms with Crippen LogP contribution in [-0.4, -0.2) is 37.6 Å². The van der Waals surface area contributed by atoms with Gasteiger partial charge in [0.15, 0.2) is 5.69 Å². The number of nitro benzene ring substituents is 1. The Labute approximate surface area is 228 Å². The van der Waals surface area contributed by atoms with Gasteiger partial charge in [-0.3, -0.25) is 14.8 Å². The van der Waals surface area contributed by atoms with Gasteiger partial charge in [0.25, 0.3) is 5.69 Å². The van der Waals surface area contributed by atoms with Crippen LogP contribution in [-0.2, 0) is 12.7 Å². The number of nitrogens with zero attached hydrogens (tertiary/aromatic N) is 5. The number of hydrogen-bond donors (Lipinski definition) is 0. The summed E-state index contributed by atoms with van der Waals surface area (Å²) in [6.07, 6.45) is -4.19. The molecule has 0 bridgehead atoms. The summed E-state index contributed by atoms with van der Waals surface area (Å²) in [5.41, 5.74) is -1.28. The van der Waals surface area contributed by atoms with Crippen LogP contribution in [0.4, 0.5) is 18.9 Å². The summed E-state index contributed by atoms with van der Waals surface area (Å²) in [6, 6.07) is 16.1.